The zero-order chi connectivity index (χ0) is 11.5. The van der Waals surface area contributed by atoms with Crippen molar-refractivity contribution in [2.24, 2.45) is 5.92 Å². The van der Waals surface area contributed by atoms with Gasteiger partial charge in [0.25, 0.3) is 0 Å². The van der Waals surface area contributed by atoms with Crippen molar-refractivity contribution in [3.05, 3.63) is 35.6 Å². The summed E-state index contributed by atoms with van der Waals surface area (Å²) in [6, 6.07) is 8.40. The van der Waals surface area contributed by atoms with Gasteiger partial charge in [0.15, 0.2) is 0 Å². The third-order valence-corrected chi connectivity index (χ3v) is 2.57. The van der Waals surface area contributed by atoms with E-state index in [4.69, 9.17) is 4.42 Å². The lowest BCUT2D eigenvalue weighted by Crippen LogP contribution is -2.18. The molecule has 1 N–H and O–H groups in total. The van der Waals surface area contributed by atoms with Crippen molar-refractivity contribution < 1.29 is 4.42 Å². The maximum absolute atomic E-state index is 5.74. The maximum atomic E-state index is 5.74. The van der Waals surface area contributed by atoms with E-state index in [1.54, 1.807) is 0 Å². The highest BCUT2D eigenvalue weighted by Crippen LogP contribution is 2.20. The Kier molecular flexibility index (Phi) is 3.30. The molecule has 0 aliphatic carbocycles. The highest BCUT2D eigenvalue weighted by molar-refractivity contribution is 5.78. The van der Waals surface area contributed by atoms with Crippen molar-refractivity contribution >= 4 is 11.0 Å². The molecule has 2 aromatic rings. The molecule has 0 amide bonds. The van der Waals surface area contributed by atoms with Crippen LogP contribution in [0.15, 0.2) is 28.7 Å². The van der Waals surface area contributed by atoms with Crippen LogP contribution in [0.2, 0.25) is 0 Å². The fourth-order valence-electron chi connectivity index (χ4n) is 1.79. The van der Waals surface area contributed by atoms with Crippen LogP contribution in [0, 0.1) is 12.8 Å². The van der Waals surface area contributed by atoms with Gasteiger partial charge in [-0.2, -0.15) is 0 Å². The molecule has 0 saturated carbocycles. The van der Waals surface area contributed by atoms with Crippen molar-refractivity contribution in [3.8, 4) is 0 Å². The zero-order valence-electron chi connectivity index (χ0n) is 10.2. The summed E-state index contributed by atoms with van der Waals surface area (Å²) in [6.45, 7) is 8.34. The summed E-state index contributed by atoms with van der Waals surface area (Å²) in [6.07, 6.45) is 0. The van der Waals surface area contributed by atoms with Gasteiger partial charge < -0.3 is 9.73 Å². The van der Waals surface area contributed by atoms with Gasteiger partial charge in [0.1, 0.15) is 11.3 Å². The van der Waals surface area contributed by atoms with Gasteiger partial charge >= 0.3 is 0 Å². The molecule has 0 bridgehead atoms. The second-order valence-corrected chi connectivity index (χ2v) is 4.78. The number of hydrogen-bond acceptors (Lipinski definition) is 2. The molecule has 0 saturated heterocycles. The normalized spacial score (nSPS) is 11.5. The molecule has 16 heavy (non-hydrogen) atoms. The van der Waals surface area contributed by atoms with Crippen molar-refractivity contribution in [3.63, 3.8) is 0 Å². The molecule has 0 fully saturated rings. The molecule has 2 heteroatoms. The minimum Gasteiger partial charge on any atom is -0.460 e. The van der Waals surface area contributed by atoms with Crippen LogP contribution in [0.4, 0.5) is 0 Å². The van der Waals surface area contributed by atoms with Crippen LogP contribution in [0.25, 0.3) is 11.0 Å². The SMILES string of the molecule is Cc1ccc2oc(CNCC(C)C)cc2c1. The van der Waals surface area contributed by atoms with E-state index >= 15 is 0 Å². The summed E-state index contributed by atoms with van der Waals surface area (Å²) in [5.74, 6) is 1.69. The number of hydrogen-bond donors (Lipinski definition) is 1. The Morgan fingerprint density at radius 1 is 1.25 bits per heavy atom. The first kappa shape index (κ1) is 11.2. The van der Waals surface area contributed by atoms with Gasteiger partial charge in [-0.1, -0.05) is 25.5 Å². The summed E-state index contributed by atoms with van der Waals surface area (Å²) in [7, 11) is 0. The topological polar surface area (TPSA) is 25.2 Å². The summed E-state index contributed by atoms with van der Waals surface area (Å²) in [4.78, 5) is 0. The third kappa shape index (κ3) is 2.64. The minimum absolute atomic E-state index is 0.673. The smallest absolute Gasteiger partial charge is 0.134 e. The van der Waals surface area contributed by atoms with E-state index in [0.717, 1.165) is 24.4 Å². The lowest BCUT2D eigenvalue weighted by atomic mass is 10.2. The molecule has 2 nitrogen and oxygen atoms in total. The van der Waals surface area contributed by atoms with Gasteiger partial charge in [0, 0.05) is 5.39 Å². The van der Waals surface area contributed by atoms with Crippen LogP contribution < -0.4 is 5.32 Å². The molecule has 0 aliphatic rings. The molecule has 0 atom stereocenters. The largest absolute Gasteiger partial charge is 0.460 e. The van der Waals surface area contributed by atoms with E-state index in [1.807, 2.05) is 6.07 Å². The van der Waals surface area contributed by atoms with Crippen molar-refractivity contribution in [1.29, 1.82) is 0 Å². The Bertz CT molecular complexity index is 471. The van der Waals surface area contributed by atoms with Gasteiger partial charge in [-0.15, -0.1) is 0 Å². The average Bonchev–Trinajstić information content (AvgIpc) is 2.58. The van der Waals surface area contributed by atoms with Crippen LogP contribution in [0.5, 0.6) is 0 Å². The number of furan rings is 1. The van der Waals surface area contributed by atoms with E-state index in [0.29, 0.717) is 5.92 Å². The minimum atomic E-state index is 0.673. The van der Waals surface area contributed by atoms with Crippen molar-refractivity contribution in [2.75, 3.05) is 6.54 Å². The molecule has 0 radical (unpaired) electrons. The first-order chi connectivity index (χ1) is 7.65. The van der Waals surface area contributed by atoms with E-state index in [9.17, 15) is 0 Å². The predicted molar refractivity (Wildman–Crippen MR) is 67.5 cm³/mol. The Labute approximate surface area is 96.6 Å². The highest BCUT2D eigenvalue weighted by atomic mass is 16.3. The molecule has 0 spiro atoms. The first-order valence-electron chi connectivity index (χ1n) is 5.85. The van der Waals surface area contributed by atoms with Crippen LogP contribution in [-0.2, 0) is 6.54 Å². The summed E-state index contributed by atoms with van der Waals surface area (Å²) in [5, 5.41) is 4.58. The zero-order valence-corrected chi connectivity index (χ0v) is 10.2. The van der Waals surface area contributed by atoms with Crippen molar-refractivity contribution in [1.82, 2.24) is 5.32 Å². The van der Waals surface area contributed by atoms with E-state index in [2.05, 4.69) is 44.3 Å². The van der Waals surface area contributed by atoms with Gasteiger partial charge in [-0.3, -0.25) is 0 Å². The molecular formula is C14H19NO. The molecule has 1 heterocycles. The number of rotatable bonds is 4. The second kappa shape index (κ2) is 4.71. The summed E-state index contributed by atoms with van der Waals surface area (Å²) < 4.78 is 5.74. The summed E-state index contributed by atoms with van der Waals surface area (Å²) >= 11 is 0. The number of fused-ring (bicyclic) bond motifs is 1. The fourth-order valence-corrected chi connectivity index (χ4v) is 1.79. The quantitative estimate of drug-likeness (QED) is 0.848. The van der Waals surface area contributed by atoms with Gasteiger partial charge in [-0.25, -0.2) is 0 Å². The molecule has 0 unspecified atom stereocenters. The predicted octanol–water partition coefficient (Wildman–Crippen LogP) is 3.49. The number of nitrogens with one attached hydrogen (secondary N) is 1. The van der Waals surface area contributed by atoms with Crippen LogP contribution in [0.1, 0.15) is 25.2 Å². The Morgan fingerprint density at radius 2 is 2.06 bits per heavy atom. The standard InChI is InChI=1S/C14H19NO/c1-10(2)8-15-9-13-7-12-6-11(3)4-5-14(12)16-13/h4-7,10,15H,8-9H2,1-3H3. The van der Waals surface area contributed by atoms with Gasteiger partial charge in [-0.05, 0) is 37.6 Å². The molecule has 86 valence electrons. The third-order valence-electron chi connectivity index (χ3n) is 2.57. The second-order valence-electron chi connectivity index (χ2n) is 4.78. The number of benzene rings is 1. The van der Waals surface area contributed by atoms with Crippen LogP contribution in [0.3, 0.4) is 0 Å². The Balaban J connectivity index is 2.08. The van der Waals surface area contributed by atoms with Crippen molar-refractivity contribution in [2.45, 2.75) is 27.3 Å². The molecule has 2 rings (SSSR count). The number of aryl methyl sites for hydroxylation is 1. The van der Waals surface area contributed by atoms with Crippen LogP contribution in [-0.4, -0.2) is 6.54 Å². The first-order valence-corrected chi connectivity index (χ1v) is 5.85. The maximum Gasteiger partial charge on any atom is 0.134 e. The average molecular weight is 217 g/mol. The lowest BCUT2D eigenvalue weighted by molar-refractivity contribution is 0.485. The van der Waals surface area contributed by atoms with Gasteiger partial charge in [0.05, 0.1) is 6.54 Å². The van der Waals surface area contributed by atoms with Gasteiger partial charge in [0.2, 0.25) is 0 Å². The van der Waals surface area contributed by atoms with E-state index < -0.39 is 0 Å². The molecular weight excluding hydrogens is 198 g/mol. The molecule has 0 aliphatic heterocycles. The lowest BCUT2D eigenvalue weighted by Gasteiger charge is -2.04. The monoisotopic (exact) mass is 217 g/mol. The fraction of sp³-hybridized carbons (Fsp3) is 0.429. The Hall–Kier alpha value is -1.28. The molecule has 1 aromatic heterocycles. The van der Waals surface area contributed by atoms with E-state index in [-0.39, 0.29) is 0 Å². The molecule has 1 aromatic carbocycles. The van der Waals surface area contributed by atoms with Crippen LogP contribution >= 0.6 is 0 Å². The highest BCUT2D eigenvalue weighted by Gasteiger charge is 2.03. The van der Waals surface area contributed by atoms with E-state index in [1.165, 1.54) is 10.9 Å². The Morgan fingerprint density at radius 3 is 2.81 bits per heavy atom. The summed E-state index contributed by atoms with van der Waals surface area (Å²) in [5.41, 5.74) is 2.25.